The molecule has 0 amide bonds. The van der Waals surface area contributed by atoms with Crippen molar-refractivity contribution in [3.8, 4) is 0 Å². The molecule has 0 bridgehead atoms. The molecule has 438 valence electrons. The maximum Gasteiger partial charge on any atom is 0.250 e. The fraction of sp³-hybridized carbons (Fsp3) is 1.00. The number of hydrogen-bond acceptors (Lipinski definition) is 11. The molecule has 73 heavy (non-hydrogen) atoms. The van der Waals surface area contributed by atoms with E-state index in [0.717, 1.165) is 57.5 Å². The molecule has 0 aromatic carbocycles. The minimum Gasteiger partial charge on any atom is -0.377 e. The van der Waals surface area contributed by atoms with Crippen molar-refractivity contribution in [1.82, 2.24) is 39.2 Å². The SMILES string of the molecule is CC(C)CN1CCCC1.CC(C)N1CCC(F)(F)CC1.CC(C)N1CCCC1.CC(C)N1CCCCC1.CC(C)OCCN1CCCC1.CC(C)OCCN1CCCCC1.CC(C)OCCN1CCN(C)CC1. The molecule has 7 rings (SSSR count). The van der Waals surface area contributed by atoms with Gasteiger partial charge in [0.2, 0.25) is 0 Å². The number of alkyl halides is 2. The highest BCUT2D eigenvalue weighted by Crippen LogP contribution is 2.28. The van der Waals surface area contributed by atoms with E-state index in [-0.39, 0.29) is 12.8 Å². The van der Waals surface area contributed by atoms with Crippen molar-refractivity contribution in [2.45, 2.75) is 229 Å². The summed E-state index contributed by atoms with van der Waals surface area (Å²) >= 11 is 0. The number of likely N-dealkylation sites (N-methyl/N-ethyl adjacent to an activating group) is 1. The number of likely N-dealkylation sites (tertiary alicyclic amines) is 6. The van der Waals surface area contributed by atoms with Gasteiger partial charge < -0.3 is 48.5 Å². The molecule has 0 saturated carbocycles. The van der Waals surface area contributed by atoms with E-state index in [1.165, 1.54) is 175 Å². The summed E-state index contributed by atoms with van der Waals surface area (Å²) < 4.78 is 41.7. The highest BCUT2D eigenvalue weighted by atomic mass is 19.3. The van der Waals surface area contributed by atoms with Crippen molar-refractivity contribution in [3.05, 3.63) is 0 Å². The van der Waals surface area contributed by atoms with Crippen LogP contribution >= 0.6 is 0 Å². The fourth-order valence-electron chi connectivity index (χ4n) is 10.1. The summed E-state index contributed by atoms with van der Waals surface area (Å²) in [6.45, 7) is 56.6. The zero-order valence-corrected chi connectivity index (χ0v) is 51.3. The first-order valence-electron chi connectivity index (χ1n) is 30.7. The summed E-state index contributed by atoms with van der Waals surface area (Å²) in [6.07, 6.45) is 18.1. The molecule has 0 unspecified atom stereocenters. The summed E-state index contributed by atoms with van der Waals surface area (Å²) in [5.41, 5.74) is 0. The largest absolute Gasteiger partial charge is 0.377 e. The van der Waals surface area contributed by atoms with E-state index in [2.05, 4.69) is 129 Å². The van der Waals surface area contributed by atoms with Gasteiger partial charge >= 0.3 is 0 Å². The molecule has 7 saturated heterocycles. The summed E-state index contributed by atoms with van der Waals surface area (Å²) in [5, 5.41) is 0. The van der Waals surface area contributed by atoms with Crippen molar-refractivity contribution in [2.75, 3.05) is 158 Å². The zero-order chi connectivity index (χ0) is 54.4. The molecule has 0 atom stereocenters. The Hall–Kier alpha value is -0.580. The van der Waals surface area contributed by atoms with Gasteiger partial charge in [0.1, 0.15) is 0 Å². The molecular formula is C60H126F2N8O3. The molecule has 0 radical (unpaired) electrons. The summed E-state index contributed by atoms with van der Waals surface area (Å²) in [4.78, 5) is 19.6. The Morgan fingerprint density at radius 1 is 0.342 bits per heavy atom. The van der Waals surface area contributed by atoms with Crippen LogP contribution in [0.3, 0.4) is 0 Å². The van der Waals surface area contributed by atoms with E-state index in [1.54, 1.807) is 0 Å². The van der Waals surface area contributed by atoms with E-state index in [1.807, 2.05) is 13.8 Å². The van der Waals surface area contributed by atoms with Crippen LogP contribution in [0.25, 0.3) is 0 Å². The van der Waals surface area contributed by atoms with Crippen LogP contribution in [0.5, 0.6) is 0 Å². The van der Waals surface area contributed by atoms with Crippen LogP contribution in [-0.4, -0.2) is 239 Å². The summed E-state index contributed by atoms with van der Waals surface area (Å²) in [7, 11) is 2.18. The van der Waals surface area contributed by atoms with Crippen molar-refractivity contribution in [2.24, 2.45) is 5.92 Å². The van der Waals surface area contributed by atoms with Crippen LogP contribution in [-0.2, 0) is 14.2 Å². The van der Waals surface area contributed by atoms with E-state index < -0.39 is 5.92 Å². The van der Waals surface area contributed by atoms with E-state index in [0.29, 0.717) is 37.4 Å². The van der Waals surface area contributed by atoms with Crippen LogP contribution in [0.4, 0.5) is 8.78 Å². The highest BCUT2D eigenvalue weighted by Gasteiger charge is 2.34. The number of nitrogens with zero attached hydrogens (tertiary/aromatic N) is 8. The van der Waals surface area contributed by atoms with Crippen molar-refractivity contribution < 1.29 is 23.0 Å². The first kappa shape index (κ1) is 70.4. The van der Waals surface area contributed by atoms with Crippen molar-refractivity contribution >= 4 is 0 Å². The molecule has 7 aliphatic rings. The maximum absolute atomic E-state index is 12.6. The third kappa shape index (κ3) is 40.3. The highest BCUT2D eigenvalue weighted by molar-refractivity contribution is 4.79. The fourth-order valence-corrected chi connectivity index (χ4v) is 10.1. The predicted molar refractivity (Wildman–Crippen MR) is 311 cm³/mol. The monoisotopic (exact) mass is 1040 g/mol. The van der Waals surface area contributed by atoms with Gasteiger partial charge in [0.15, 0.2) is 0 Å². The third-order valence-corrected chi connectivity index (χ3v) is 14.9. The second kappa shape index (κ2) is 43.3. The number of rotatable bonds is 17. The lowest BCUT2D eigenvalue weighted by molar-refractivity contribution is -0.0603. The third-order valence-electron chi connectivity index (χ3n) is 14.9. The standard InChI is InChI=1S/C10H22N2O.C10H21NO.C9H19NO.C8H15F2N.2C8H17N.C7H15N/c1-10(2)13-9-8-12-6-4-11(3)5-7-12;1-10(2)12-9-8-11-6-4-3-5-7-11;1-9(2)11-8-7-10-5-3-4-6-10;1-7(2)11-5-3-8(9,10)4-6-11;1-8(2)7-9-5-3-4-6-9;1-8(2)9-6-4-3-5-7-9;1-7(2)8-5-3-4-6-8/h10H,4-9H2,1-3H3;10H,3-9H2,1-2H3;9H,3-8H2,1-2H3;7H,3-6H2,1-2H3;2*8H,3-7H2,1-2H3;7H,3-6H2,1-2H3. The Kier molecular flexibility index (Phi) is 41.8. The molecule has 7 aliphatic heterocycles. The number of piperazine rings is 1. The first-order chi connectivity index (χ1) is 34.7. The number of halogens is 2. The molecule has 0 N–H and O–H groups in total. The van der Waals surface area contributed by atoms with Gasteiger partial charge in [-0.25, -0.2) is 8.78 Å². The molecule has 11 nitrogen and oxygen atoms in total. The van der Waals surface area contributed by atoms with Gasteiger partial charge in [-0.15, -0.1) is 0 Å². The van der Waals surface area contributed by atoms with Crippen LogP contribution in [0.2, 0.25) is 0 Å². The van der Waals surface area contributed by atoms with Gasteiger partial charge in [-0.3, -0.25) is 4.90 Å². The second-order valence-electron chi connectivity index (χ2n) is 24.3. The number of piperidine rings is 3. The van der Waals surface area contributed by atoms with Crippen LogP contribution in [0.1, 0.15) is 187 Å². The minimum absolute atomic E-state index is 0.0329. The summed E-state index contributed by atoms with van der Waals surface area (Å²) in [5.74, 6) is -1.55. The molecule has 0 aliphatic carbocycles. The minimum atomic E-state index is -2.40. The zero-order valence-electron chi connectivity index (χ0n) is 51.3. The van der Waals surface area contributed by atoms with Crippen molar-refractivity contribution in [3.63, 3.8) is 0 Å². The van der Waals surface area contributed by atoms with Gasteiger partial charge in [0.05, 0.1) is 38.1 Å². The Morgan fingerprint density at radius 3 is 0.918 bits per heavy atom. The second-order valence-corrected chi connectivity index (χ2v) is 24.3. The van der Waals surface area contributed by atoms with Gasteiger partial charge in [0.25, 0.3) is 5.92 Å². The summed E-state index contributed by atoms with van der Waals surface area (Å²) in [6, 6.07) is 1.95. The molecule has 13 heteroatoms. The van der Waals surface area contributed by atoms with Crippen LogP contribution in [0.15, 0.2) is 0 Å². The van der Waals surface area contributed by atoms with Gasteiger partial charge in [0, 0.05) is 96.4 Å². The van der Waals surface area contributed by atoms with Crippen molar-refractivity contribution in [1.29, 1.82) is 0 Å². The molecule has 0 aromatic heterocycles. The average Bonchev–Trinajstić information content (AvgIpc) is 4.18. The molecule has 7 heterocycles. The molecule has 0 aromatic rings. The van der Waals surface area contributed by atoms with Gasteiger partial charge in [-0.1, -0.05) is 26.7 Å². The topological polar surface area (TPSA) is 53.6 Å². The molecule has 7 fully saturated rings. The average molecular weight is 1050 g/mol. The van der Waals surface area contributed by atoms with Crippen LogP contribution in [0, 0.1) is 5.92 Å². The smallest absolute Gasteiger partial charge is 0.250 e. The molecule has 0 spiro atoms. The van der Waals surface area contributed by atoms with E-state index in [4.69, 9.17) is 14.2 Å². The van der Waals surface area contributed by atoms with Gasteiger partial charge in [-0.05, 0) is 226 Å². The normalized spacial score (nSPS) is 22.0. The maximum atomic E-state index is 12.6. The molecular weight excluding hydrogens is 919 g/mol. The Bertz CT molecular complexity index is 1190. The van der Waals surface area contributed by atoms with Gasteiger partial charge in [-0.2, -0.15) is 0 Å². The lowest BCUT2D eigenvalue weighted by atomic mass is 10.1. The quantitative estimate of drug-likeness (QED) is 0.140. The number of hydrogen-bond donors (Lipinski definition) is 0. The van der Waals surface area contributed by atoms with Crippen LogP contribution < -0.4 is 0 Å². The lowest BCUT2D eigenvalue weighted by Gasteiger charge is -2.34. The predicted octanol–water partition coefficient (Wildman–Crippen LogP) is 11.3. The van der Waals surface area contributed by atoms with E-state index >= 15 is 0 Å². The Labute approximate surface area is 453 Å². The number of ether oxygens (including phenoxy) is 3. The Morgan fingerprint density at radius 2 is 0.616 bits per heavy atom. The Balaban J connectivity index is 0.000000428. The first-order valence-corrected chi connectivity index (χ1v) is 30.7. The lowest BCUT2D eigenvalue weighted by Crippen LogP contribution is -2.45. The van der Waals surface area contributed by atoms with E-state index in [9.17, 15) is 8.78 Å².